The molecule has 2 aromatic carbocycles. The van der Waals surface area contributed by atoms with E-state index >= 15 is 0 Å². The predicted octanol–water partition coefficient (Wildman–Crippen LogP) is 4.16. The molecule has 0 aliphatic rings. The zero-order valence-electron chi connectivity index (χ0n) is 12.7. The molecule has 2 nitrogen and oxygen atoms in total. The van der Waals surface area contributed by atoms with Gasteiger partial charge in [0.1, 0.15) is 5.75 Å². The Bertz CT molecular complexity index is 669. The van der Waals surface area contributed by atoms with Gasteiger partial charge in [0.2, 0.25) is 0 Å². The Morgan fingerprint density at radius 3 is 2.20 bits per heavy atom. The molecule has 0 bridgehead atoms. The smallest absolute Gasteiger partial charge is 0.197 e. The van der Waals surface area contributed by atoms with E-state index < -0.39 is 0 Å². The maximum absolute atomic E-state index is 12.7. The van der Waals surface area contributed by atoms with Crippen molar-refractivity contribution in [3.8, 4) is 5.75 Å². The fraction of sp³-hybridized carbons (Fsp3) is 0.278. The Labute approximate surface area is 120 Å². The van der Waals surface area contributed by atoms with E-state index in [4.69, 9.17) is 4.74 Å². The highest BCUT2D eigenvalue weighted by molar-refractivity contribution is 6.11. The highest BCUT2D eigenvalue weighted by Crippen LogP contribution is 2.27. The van der Waals surface area contributed by atoms with Gasteiger partial charge in [0.25, 0.3) is 0 Å². The third kappa shape index (κ3) is 2.60. The van der Waals surface area contributed by atoms with Gasteiger partial charge in [-0.15, -0.1) is 0 Å². The van der Waals surface area contributed by atoms with Crippen LogP contribution in [0.3, 0.4) is 0 Å². The van der Waals surface area contributed by atoms with Gasteiger partial charge in [-0.3, -0.25) is 4.79 Å². The molecule has 0 amide bonds. The monoisotopic (exact) mass is 268 g/mol. The molecule has 0 heterocycles. The molecular weight excluding hydrogens is 248 g/mol. The lowest BCUT2D eigenvalue weighted by molar-refractivity contribution is 0.103. The number of hydrogen-bond donors (Lipinski definition) is 0. The Morgan fingerprint density at radius 2 is 1.60 bits per heavy atom. The molecule has 2 aromatic rings. The number of benzene rings is 2. The van der Waals surface area contributed by atoms with Crippen LogP contribution in [0, 0.1) is 27.7 Å². The number of rotatable bonds is 3. The zero-order chi connectivity index (χ0) is 14.9. The lowest BCUT2D eigenvalue weighted by atomic mass is 9.94. The van der Waals surface area contributed by atoms with Crippen LogP contribution in [-0.4, -0.2) is 12.9 Å². The normalized spacial score (nSPS) is 10.4. The van der Waals surface area contributed by atoms with Crippen molar-refractivity contribution in [2.45, 2.75) is 27.7 Å². The van der Waals surface area contributed by atoms with Crippen LogP contribution in [0.15, 0.2) is 30.3 Å². The zero-order valence-corrected chi connectivity index (χ0v) is 12.7. The van der Waals surface area contributed by atoms with Crippen molar-refractivity contribution in [1.29, 1.82) is 0 Å². The van der Waals surface area contributed by atoms with Crippen LogP contribution in [0.2, 0.25) is 0 Å². The third-order valence-electron chi connectivity index (χ3n) is 3.66. The molecule has 0 aromatic heterocycles. The minimum atomic E-state index is 0.0162. The van der Waals surface area contributed by atoms with Gasteiger partial charge >= 0.3 is 0 Å². The quantitative estimate of drug-likeness (QED) is 0.781. The summed E-state index contributed by atoms with van der Waals surface area (Å²) in [5.74, 6) is 0.660. The van der Waals surface area contributed by atoms with Gasteiger partial charge in [-0.2, -0.15) is 0 Å². The number of hydrogen-bond acceptors (Lipinski definition) is 2. The third-order valence-corrected chi connectivity index (χ3v) is 3.66. The van der Waals surface area contributed by atoms with Gasteiger partial charge < -0.3 is 4.74 Å². The van der Waals surface area contributed by atoms with Gasteiger partial charge in [0.05, 0.1) is 12.7 Å². The van der Waals surface area contributed by atoms with Crippen LogP contribution in [0.4, 0.5) is 0 Å². The van der Waals surface area contributed by atoms with E-state index in [-0.39, 0.29) is 5.78 Å². The summed E-state index contributed by atoms with van der Waals surface area (Å²) < 4.78 is 5.38. The van der Waals surface area contributed by atoms with E-state index in [1.54, 1.807) is 7.11 Å². The molecule has 0 spiro atoms. The van der Waals surface area contributed by atoms with Crippen LogP contribution in [0.5, 0.6) is 5.75 Å². The van der Waals surface area contributed by atoms with Gasteiger partial charge in [0, 0.05) is 5.56 Å². The molecule has 0 N–H and O–H groups in total. The summed E-state index contributed by atoms with van der Waals surface area (Å²) >= 11 is 0. The number of carbonyl (C=O) groups excluding carboxylic acids is 1. The minimum absolute atomic E-state index is 0.0162. The Kier molecular flexibility index (Phi) is 3.93. The first-order chi connectivity index (χ1) is 9.43. The summed E-state index contributed by atoms with van der Waals surface area (Å²) in [6.45, 7) is 8.01. The van der Waals surface area contributed by atoms with Gasteiger partial charge in [-0.05, 0) is 62.1 Å². The number of ketones is 1. The van der Waals surface area contributed by atoms with Crippen molar-refractivity contribution in [2.75, 3.05) is 7.11 Å². The molecule has 2 heteroatoms. The van der Waals surface area contributed by atoms with Gasteiger partial charge in [-0.1, -0.05) is 18.2 Å². The number of aryl methyl sites for hydroxylation is 4. The number of methoxy groups -OCH3 is 1. The van der Waals surface area contributed by atoms with Crippen molar-refractivity contribution in [1.82, 2.24) is 0 Å². The summed E-state index contributed by atoms with van der Waals surface area (Å²) in [7, 11) is 1.60. The molecule has 0 saturated carbocycles. The molecule has 0 radical (unpaired) electrons. The summed E-state index contributed by atoms with van der Waals surface area (Å²) in [6.07, 6.45) is 0. The van der Waals surface area contributed by atoms with Crippen molar-refractivity contribution in [3.63, 3.8) is 0 Å². The fourth-order valence-corrected chi connectivity index (χ4v) is 2.41. The van der Waals surface area contributed by atoms with Gasteiger partial charge in [-0.25, -0.2) is 0 Å². The summed E-state index contributed by atoms with van der Waals surface area (Å²) in [6, 6.07) is 9.72. The van der Waals surface area contributed by atoms with Crippen LogP contribution in [0.1, 0.15) is 38.2 Å². The second kappa shape index (κ2) is 5.49. The van der Waals surface area contributed by atoms with Crippen LogP contribution in [0.25, 0.3) is 0 Å². The molecular formula is C18H20O2. The van der Waals surface area contributed by atoms with E-state index in [0.29, 0.717) is 16.9 Å². The first-order valence-electron chi connectivity index (χ1n) is 6.71. The first kappa shape index (κ1) is 14.3. The van der Waals surface area contributed by atoms with E-state index in [1.165, 1.54) is 5.56 Å². The second-order valence-electron chi connectivity index (χ2n) is 5.29. The van der Waals surface area contributed by atoms with E-state index in [2.05, 4.69) is 0 Å². The van der Waals surface area contributed by atoms with Crippen LogP contribution < -0.4 is 4.74 Å². The Morgan fingerprint density at radius 1 is 0.900 bits per heavy atom. The van der Waals surface area contributed by atoms with Crippen molar-refractivity contribution >= 4 is 5.78 Å². The molecule has 2 rings (SSSR count). The molecule has 0 aliphatic carbocycles. The van der Waals surface area contributed by atoms with Gasteiger partial charge in [0.15, 0.2) is 5.78 Å². The number of carbonyl (C=O) groups is 1. The van der Waals surface area contributed by atoms with E-state index in [0.717, 1.165) is 16.7 Å². The average Bonchev–Trinajstić information content (AvgIpc) is 2.40. The first-order valence-corrected chi connectivity index (χ1v) is 6.71. The van der Waals surface area contributed by atoms with Crippen molar-refractivity contribution in [3.05, 3.63) is 63.7 Å². The van der Waals surface area contributed by atoms with E-state index in [9.17, 15) is 4.79 Å². The summed E-state index contributed by atoms with van der Waals surface area (Å²) in [4.78, 5) is 12.7. The lowest BCUT2D eigenvalue weighted by Gasteiger charge is -2.13. The molecule has 0 fully saturated rings. The molecule has 0 atom stereocenters. The SMILES string of the molecule is COc1cc(C)cc(C)c1C(=O)c1ccc(C)c(C)c1. The molecule has 20 heavy (non-hydrogen) atoms. The summed E-state index contributed by atoms with van der Waals surface area (Å²) in [5.41, 5.74) is 5.72. The average molecular weight is 268 g/mol. The summed E-state index contributed by atoms with van der Waals surface area (Å²) in [5, 5.41) is 0. The highest BCUT2D eigenvalue weighted by Gasteiger charge is 2.18. The van der Waals surface area contributed by atoms with Crippen LogP contribution >= 0.6 is 0 Å². The maximum Gasteiger partial charge on any atom is 0.197 e. The minimum Gasteiger partial charge on any atom is -0.496 e. The van der Waals surface area contributed by atoms with Crippen molar-refractivity contribution < 1.29 is 9.53 Å². The lowest BCUT2D eigenvalue weighted by Crippen LogP contribution is -2.07. The topological polar surface area (TPSA) is 26.3 Å². The molecule has 0 aliphatic heterocycles. The Hall–Kier alpha value is -2.09. The second-order valence-corrected chi connectivity index (χ2v) is 5.29. The highest BCUT2D eigenvalue weighted by atomic mass is 16.5. The van der Waals surface area contributed by atoms with E-state index in [1.807, 2.05) is 58.0 Å². The maximum atomic E-state index is 12.7. The largest absolute Gasteiger partial charge is 0.496 e. The predicted molar refractivity (Wildman–Crippen MR) is 81.8 cm³/mol. The fourth-order valence-electron chi connectivity index (χ4n) is 2.41. The molecule has 104 valence electrons. The molecule has 0 saturated heterocycles. The Balaban J connectivity index is 2.55. The van der Waals surface area contributed by atoms with Crippen LogP contribution in [-0.2, 0) is 0 Å². The number of ether oxygens (including phenoxy) is 1. The van der Waals surface area contributed by atoms with Crippen molar-refractivity contribution in [2.24, 2.45) is 0 Å². The molecule has 0 unspecified atom stereocenters. The standard InChI is InChI=1S/C18H20O2/c1-11-8-14(4)17(16(9-11)20-5)18(19)15-7-6-12(2)13(3)10-15/h6-10H,1-5H3.